The number of pyridine rings is 1. The number of nitrogens with zero attached hydrogens (tertiary/aromatic N) is 1. The van der Waals surface area contributed by atoms with Crippen molar-refractivity contribution in [3.8, 4) is 5.88 Å². The van der Waals surface area contributed by atoms with Crippen molar-refractivity contribution in [3.63, 3.8) is 0 Å². The van der Waals surface area contributed by atoms with Gasteiger partial charge in [0.05, 0.1) is 0 Å². The first kappa shape index (κ1) is 13.6. The van der Waals surface area contributed by atoms with Gasteiger partial charge in [-0.05, 0) is 32.1 Å². The molecule has 0 radical (unpaired) electrons. The molecule has 0 bridgehead atoms. The standard InChI is InChI=1S/C16H20N2O/c1-13-7-6-10-16(18-13)19-15(11-12-17-2)14-8-4-3-5-9-14/h3-10,15,17H,11-12H2,1-2H3. The molecular weight excluding hydrogens is 236 g/mol. The summed E-state index contributed by atoms with van der Waals surface area (Å²) in [6.07, 6.45) is 0.943. The van der Waals surface area contributed by atoms with Gasteiger partial charge < -0.3 is 10.1 Å². The molecule has 2 aromatic rings. The lowest BCUT2D eigenvalue weighted by Crippen LogP contribution is -2.16. The maximum atomic E-state index is 6.03. The molecule has 3 heteroatoms. The van der Waals surface area contributed by atoms with E-state index in [0.29, 0.717) is 5.88 Å². The topological polar surface area (TPSA) is 34.1 Å². The minimum Gasteiger partial charge on any atom is -0.469 e. The van der Waals surface area contributed by atoms with Crippen LogP contribution in [0.15, 0.2) is 48.5 Å². The summed E-state index contributed by atoms with van der Waals surface area (Å²) < 4.78 is 6.03. The molecule has 0 spiro atoms. The second-order valence-corrected chi connectivity index (χ2v) is 4.53. The highest BCUT2D eigenvalue weighted by Crippen LogP contribution is 2.23. The van der Waals surface area contributed by atoms with E-state index in [4.69, 9.17) is 4.74 Å². The molecule has 0 saturated carbocycles. The fourth-order valence-electron chi connectivity index (χ4n) is 1.97. The second kappa shape index (κ2) is 6.90. The molecule has 1 heterocycles. The summed E-state index contributed by atoms with van der Waals surface area (Å²) in [5.41, 5.74) is 2.15. The van der Waals surface area contributed by atoms with Gasteiger partial charge in [0.25, 0.3) is 0 Å². The van der Waals surface area contributed by atoms with E-state index in [0.717, 1.165) is 18.7 Å². The Morgan fingerprint density at radius 3 is 2.58 bits per heavy atom. The molecule has 0 fully saturated rings. The van der Waals surface area contributed by atoms with Crippen LogP contribution in [0.2, 0.25) is 0 Å². The molecule has 0 aliphatic carbocycles. The Kier molecular flexibility index (Phi) is 4.93. The van der Waals surface area contributed by atoms with Gasteiger partial charge in [0.1, 0.15) is 6.10 Å². The van der Waals surface area contributed by atoms with Crippen molar-refractivity contribution in [1.29, 1.82) is 0 Å². The normalized spacial score (nSPS) is 12.1. The summed E-state index contributed by atoms with van der Waals surface area (Å²) in [6.45, 7) is 2.88. The first-order chi connectivity index (χ1) is 9.29. The molecule has 100 valence electrons. The summed E-state index contributed by atoms with van der Waals surface area (Å²) in [5, 5.41) is 3.16. The molecule has 0 aliphatic rings. The van der Waals surface area contributed by atoms with Crippen LogP contribution in [-0.4, -0.2) is 18.6 Å². The Hall–Kier alpha value is -1.87. The van der Waals surface area contributed by atoms with Crippen LogP contribution in [-0.2, 0) is 0 Å². The van der Waals surface area contributed by atoms with Gasteiger partial charge in [-0.15, -0.1) is 0 Å². The first-order valence-electron chi connectivity index (χ1n) is 6.59. The smallest absolute Gasteiger partial charge is 0.214 e. The van der Waals surface area contributed by atoms with Gasteiger partial charge in [-0.25, -0.2) is 4.98 Å². The van der Waals surface area contributed by atoms with Crippen molar-refractivity contribution in [2.24, 2.45) is 0 Å². The SMILES string of the molecule is CNCCC(Oc1cccc(C)n1)c1ccccc1. The zero-order valence-corrected chi connectivity index (χ0v) is 11.5. The van der Waals surface area contributed by atoms with E-state index in [9.17, 15) is 0 Å². The van der Waals surface area contributed by atoms with Crippen molar-refractivity contribution in [1.82, 2.24) is 10.3 Å². The molecule has 0 amide bonds. The van der Waals surface area contributed by atoms with Crippen LogP contribution >= 0.6 is 0 Å². The van der Waals surface area contributed by atoms with Crippen molar-refractivity contribution in [2.75, 3.05) is 13.6 Å². The van der Waals surface area contributed by atoms with Gasteiger partial charge in [-0.2, -0.15) is 0 Å². The van der Waals surface area contributed by atoms with Gasteiger partial charge in [-0.1, -0.05) is 36.4 Å². The summed E-state index contributed by atoms with van der Waals surface area (Å²) >= 11 is 0. The van der Waals surface area contributed by atoms with Crippen LogP contribution in [0, 0.1) is 6.92 Å². The predicted molar refractivity (Wildman–Crippen MR) is 77.3 cm³/mol. The fourth-order valence-corrected chi connectivity index (χ4v) is 1.97. The largest absolute Gasteiger partial charge is 0.469 e. The van der Waals surface area contributed by atoms with Gasteiger partial charge in [-0.3, -0.25) is 0 Å². The van der Waals surface area contributed by atoms with Crippen LogP contribution < -0.4 is 10.1 Å². The van der Waals surface area contributed by atoms with Gasteiger partial charge in [0.2, 0.25) is 5.88 Å². The van der Waals surface area contributed by atoms with Crippen LogP contribution in [0.5, 0.6) is 5.88 Å². The highest BCUT2D eigenvalue weighted by molar-refractivity contribution is 5.21. The second-order valence-electron chi connectivity index (χ2n) is 4.53. The lowest BCUT2D eigenvalue weighted by Gasteiger charge is -2.19. The summed E-state index contributed by atoms with van der Waals surface area (Å²) in [4.78, 5) is 4.40. The molecular formula is C16H20N2O. The molecule has 2 rings (SSSR count). The number of hydrogen-bond donors (Lipinski definition) is 1. The molecule has 1 aromatic carbocycles. The third kappa shape index (κ3) is 4.07. The van der Waals surface area contributed by atoms with Crippen LogP contribution in [0.1, 0.15) is 23.8 Å². The third-order valence-corrected chi connectivity index (χ3v) is 2.95. The number of benzene rings is 1. The molecule has 3 nitrogen and oxygen atoms in total. The average molecular weight is 256 g/mol. The Morgan fingerprint density at radius 1 is 1.11 bits per heavy atom. The lowest BCUT2D eigenvalue weighted by atomic mass is 10.1. The summed E-state index contributed by atoms with van der Waals surface area (Å²) in [7, 11) is 1.95. The van der Waals surface area contributed by atoms with Gasteiger partial charge in [0, 0.05) is 18.2 Å². The Labute approximate surface area is 114 Å². The van der Waals surface area contributed by atoms with E-state index < -0.39 is 0 Å². The zero-order valence-electron chi connectivity index (χ0n) is 11.5. The number of ether oxygens (including phenoxy) is 1. The minimum absolute atomic E-state index is 0.0305. The Morgan fingerprint density at radius 2 is 1.89 bits per heavy atom. The van der Waals surface area contributed by atoms with Crippen LogP contribution in [0.4, 0.5) is 0 Å². The number of aromatic nitrogens is 1. The first-order valence-corrected chi connectivity index (χ1v) is 6.59. The van der Waals surface area contributed by atoms with Crippen LogP contribution in [0.3, 0.4) is 0 Å². The minimum atomic E-state index is 0.0305. The highest BCUT2D eigenvalue weighted by atomic mass is 16.5. The zero-order chi connectivity index (χ0) is 13.5. The average Bonchev–Trinajstić information content (AvgIpc) is 2.44. The number of aryl methyl sites for hydroxylation is 1. The van der Waals surface area contributed by atoms with Crippen molar-refractivity contribution in [2.45, 2.75) is 19.4 Å². The maximum absolute atomic E-state index is 6.03. The van der Waals surface area contributed by atoms with E-state index in [-0.39, 0.29) is 6.10 Å². The fraction of sp³-hybridized carbons (Fsp3) is 0.312. The number of hydrogen-bond acceptors (Lipinski definition) is 3. The third-order valence-electron chi connectivity index (χ3n) is 2.95. The quantitative estimate of drug-likeness (QED) is 0.862. The number of rotatable bonds is 6. The monoisotopic (exact) mass is 256 g/mol. The molecule has 1 aromatic heterocycles. The summed E-state index contributed by atoms with van der Waals surface area (Å²) in [5.74, 6) is 0.685. The van der Waals surface area contributed by atoms with E-state index in [2.05, 4.69) is 22.4 Å². The molecule has 0 aliphatic heterocycles. The van der Waals surface area contributed by atoms with E-state index >= 15 is 0 Å². The predicted octanol–water partition coefficient (Wildman–Crippen LogP) is 3.12. The molecule has 1 N–H and O–H groups in total. The molecule has 1 atom stereocenters. The van der Waals surface area contributed by atoms with E-state index in [1.165, 1.54) is 5.56 Å². The summed E-state index contributed by atoms with van der Waals surface area (Å²) in [6, 6.07) is 16.1. The Bertz CT molecular complexity index is 499. The maximum Gasteiger partial charge on any atom is 0.214 e. The van der Waals surface area contributed by atoms with E-state index in [1.807, 2.05) is 50.4 Å². The Balaban J connectivity index is 2.14. The van der Waals surface area contributed by atoms with Gasteiger partial charge in [0.15, 0.2) is 0 Å². The number of nitrogens with one attached hydrogen (secondary N) is 1. The van der Waals surface area contributed by atoms with Gasteiger partial charge >= 0.3 is 0 Å². The van der Waals surface area contributed by atoms with Crippen molar-refractivity contribution < 1.29 is 4.74 Å². The molecule has 19 heavy (non-hydrogen) atoms. The van der Waals surface area contributed by atoms with E-state index in [1.54, 1.807) is 0 Å². The highest BCUT2D eigenvalue weighted by Gasteiger charge is 2.13. The van der Waals surface area contributed by atoms with Crippen molar-refractivity contribution in [3.05, 3.63) is 59.8 Å². The van der Waals surface area contributed by atoms with Crippen molar-refractivity contribution >= 4 is 0 Å². The molecule has 0 saturated heterocycles. The van der Waals surface area contributed by atoms with Crippen LogP contribution in [0.25, 0.3) is 0 Å². The lowest BCUT2D eigenvalue weighted by molar-refractivity contribution is 0.186. The molecule has 1 unspecified atom stereocenters.